The van der Waals surface area contributed by atoms with Crippen molar-refractivity contribution in [2.75, 3.05) is 39.4 Å². The smallest absolute Gasteiger partial charge is 0.288 e. The van der Waals surface area contributed by atoms with Gasteiger partial charge in [0.15, 0.2) is 5.76 Å². The lowest BCUT2D eigenvalue weighted by Gasteiger charge is -2.39. The van der Waals surface area contributed by atoms with Crippen molar-refractivity contribution in [3.05, 3.63) is 82.6 Å². The summed E-state index contributed by atoms with van der Waals surface area (Å²) in [6.07, 6.45) is 2.77. The predicted molar refractivity (Wildman–Crippen MR) is 137 cm³/mol. The molecule has 2 aromatic carbocycles. The Kier molecular flexibility index (Phi) is 9.21. The summed E-state index contributed by atoms with van der Waals surface area (Å²) in [4.78, 5) is 17.8. The van der Waals surface area contributed by atoms with E-state index in [1.165, 1.54) is 5.56 Å². The molecule has 188 valence electrons. The molecule has 2 aromatic rings. The highest BCUT2D eigenvalue weighted by Crippen LogP contribution is 2.40. The Balaban J connectivity index is 1.49. The third kappa shape index (κ3) is 6.64. The van der Waals surface area contributed by atoms with E-state index < -0.39 is 6.29 Å². The second-order valence-electron chi connectivity index (χ2n) is 9.13. The van der Waals surface area contributed by atoms with Crippen molar-refractivity contribution in [3.63, 3.8) is 0 Å². The average Bonchev–Trinajstić information content (AvgIpc) is 2.89. The van der Waals surface area contributed by atoms with E-state index in [0.29, 0.717) is 36.9 Å². The van der Waals surface area contributed by atoms with Crippen LogP contribution >= 0.6 is 11.6 Å². The molecule has 2 aliphatic heterocycles. The van der Waals surface area contributed by atoms with Crippen LogP contribution in [0.15, 0.2) is 66.4 Å². The summed E-state index contributed by atoms with van der Waals surface area (Å²) >= 11 is 6.13. The highest BCUT2D eigenvalue weighted by atomic mass is 35.5. The van der Waals surface area contributed by atoms with Crippen LogP contribution in [0.3, 0.4) is 0 Å². The first-order chi connectivity index (χ1) is 17.1. The van der Waals surface area contributed by atoms with Crippen LogP contribution in [0.25, 0.3) is 0 Å². The topological polar surface area (TPSA) is 62.2 Å². The molecular weight excluding hydrogens is 464 g/mol. The normalized spacial score (nSPS) is 23.0. The van der Waals surface area contributed by atoms with Crippen molar-refractivity contribution in [1.82, 2.24) is 9.80 Å². The standard InChI is InChI=1S/C28H35ClN2O4/c1-2-34-28-24(9-6-18-32)25(22-10-12-23(29)13-11-22)19-26(35-28)27(33)31-16-14-30(15-17-31)20-21-7-4-3-5-8-21/h3-5,7-8,10-13,19,24-25,28,32H,2,6,9,14-18,20H2,1H3/t24-,25+,28+/m0/s1. The van der Waals surface area contributed by atoms with E-state index in [4.69, 9.17) is 21.1 Å². The van der Waals surface area contributed by atoms with Crippen molar-refractivity contribution in [3.8, 4) is 0 Å². The molecule has 0 saturated carbocycles. The summed E-state index contributed by atoms with van der Waals surface area (Å²) in [6.45, 7) is 6.36. The fraction of sp³-hybridized carbons (Fsp3) is 0.464. The lowest BCUT2D eigenvalue weighted by Crippen LogP contribution is -2.49. The molecule has 35 heavy (non-hydrogen) atoms. The van der Waals surface area contributed by atoms with Gasteiger partial charge in [0.2, 0.25) is 6.29 Å². The van der Waals surface area contributed by atoms with Gasteiger partial charge in [-0.2, -0.15) is 0 Å². The van der Waals surface area contributed by atoms with Crippen molar-refractivity contribution in [2.24, 2.45) is 5.92 Å². The van der Waals surface area contributed by atoms with Crippen LogP contribution in [0.4, 0.5) is 0 Å². The number of rotatable bonds is 9. The molecule has 0 radical (unpaired) electrons. The van der Waals surface area contributed by atoms with Crippen LogP contribution in [0.1, 0.15) is 36.8 Å². The molecule has 4 rings (SSSR count). The first kappa shape index (κ1) is 25.7. The number of aliphatic hydroxyl groups is 1. The molecule has 7 heteroatoms. The average molecular weight is 499 g/mol. The Hall–Kier alpha value is -2.38. The van der Waals surface area contributed by atoms with E-state index in [1.807, 2.05) is 48.2 Å². The van der Waals surface area contributed by atoms with Gasteiger partial charge in [-0.15, -0.1) is 0 Å². The number of nitrogens with zero attached hydrogens (tertiary/aromatic N) is 2. The van der Waals surface area contributed by atoms with E-state index >= 15 is 0 Å². The van der Waals surface area contributed by atoms with E-state index in [-0.39, 0.29) is 24.3 Å². The maximum atomic E-state index is 13.5. The molecular formula is C28H35ClN2O4. The van der Waals surface area contributed by atoms with Crippen molar-refractivity contribution < 1.29 is 19.4 Å². The number of carbonyl (C=O) groups excluding carboxylic acids is 1. The minimum atomic E-state index is -0.546. The number of aliphatic hydroxyl groups excluding tert-OH is 1. The fourth-order valence-electron chi connectivity index (χ4n) is 4.93. The van der Waals surface area contributed by atoms with E-state index in [1.54, 1.807) is 0 Å². The zero-order valence-corrected chi connectivity index (χ0v) is 21.1. The van der Waals surface area contributed by atoms with Gasteiger partial charge in [-0.3, -0.25) is 9.69 Å². The summed E-state index contributed by atoms with van der Waals surface area (Å²) in [5, 5.41) is 10.1. The highest BCUT2D eigenvalue weighted by Gasteiger charge is 2.39. The largest absolute Gasteiger partial charge is 0.459 e. The van der Waals surface area contributed by atoms with Crippen molar-refractivity contribution in [2.45, 2.75) is 38.5 Å². The van der Waals surface area contributed by atoms with E-state index in [9.17, 15) is 9.90 Å². The monoisotopic (exact) mass is 498 g/mol. The second-order valence-corrected chi connectivity index (χ2v) is 9.57. The molecule has 1 N–H and O–H groups in total. The Morgan fingerprint density at radius 3 is 2.46 bits per heavy atom. The first-order valence-electron chi connectivity index (χ1n) is 12.5. The fourth-order valence-corrected chi connectivity index (χ4v) is 5.05. The third-order valence-corrected chi connectivity index (χ3v) is 7.04. The zero-order valence-electron chi connectivity index (χ0n) is 20.3. The molecule has 0 unspecified atom stereocenters. The summed E-state index contributed by atoms with van der Waals surface area (Å²) in [5.74, 6) is 0.179. The number of benzene rings is 2. The number of hydrogen-bond acceptors (Lipinski definition) is 5. The number of allylic oxidation sites excluding steroid dienone is 1. The zero-order chi connectivity index (χ0) is 24.6. The number of amides is 1. The van der Waals surface area contributed by atoms with Gasteiger partial charge in [0.05, 0.1) is 0 Å². The summed E-state index contributed by atoms with van der Waals surface area (Å²) in [7, 11) is 0. The molecule has 0 bridgehead atoms. The molecule has 1 amide bonds. The summed E-state index contributed by atoms with van der Waals surface area (Å²) < 4.78 is 12.1. The van der Waals surface area contributed by atoms with Crippen LogP contribution in [0, 0.1) is 5.92 Å². The molecule has 6 nitrogen and oxygen atoms in total. The molecule has 1 fully saturated rings. The van der Waals surface area contributed by atoms with E-state index in [0.717, 1.165) is 31.6 Å². The van der Waals surface area contributed by atoms with Gasteiger partial charge in [-0.25, -0.2) is 0 Å². The molecule has 0 spiro atoms. The quantitative estimate of drug-likeness (QED) is 0.554. The van der Waals surface area contributed by atoms with Gasteiger partial charge < -0.3 is 19.5 Å². The molecule has 2 aliphatic rings. The van der Waals surface area contributed by atoms with Crippen LogP contribution in [0.2, 0.25) is 5.02 Å². The van der Waals surface area contributed by atoms with Gasteiger partial charge in [0, 0.05) is 62.8 Å². The SMILES string of the molecule is CCO[C@@H]1OC(C(=O)N2CCN(Cc3ccccc3)CC2)=C[C@H](c2ccc(Cl)cc2)[C@@H]1CCCO. The van der Waals surface area contributed by atoms with Crippen LogP contribution in [-0.2, 0) is 20.8 Å². The maximum absolute atomic E-state index is 13.5. The van der Waals surface area contributed by atoms with Crippen molar-refractivity contribution in [1.29, 1.82) is 0 Å². The Bertz CT molecular complexity index is 974. The molecule has 0 aliphatic carbocycles. The molecule has 2 heterocycles. The third-order valence-electron chi connectivity index (χ3n) is 6.79. The summed E-state index contributed by atoms with van der Waals surface area (Å²) in [6, 6.07) is 18.1. The lowest BCUT2D eigenvalue weighted by atomic mass is 9.80. The minimum absolute atomic E-state index is 0.0115. The van der Waals surface area contributed by atoms with Crippen LogP contribution in [0.5, 0.6) is 0 Å². The predicted octanol–water partition coefficient (Wildman–Crippen LogP) is 4.43. The lowest BCUT2D eigenvalue weighted by molar-refractivity contribution is -0.171. The Labute approximate surface area is 213 Å². The number of halogens is 1. The molecule has 3 atom stereocenters. The maximum Gasteiger partial charge on any atom is 0.288 e. The number of carbonyl (C=O) groups is 1. The van der Waals surface area contributed by atoms with Crippen LogP contribution in [-0.4, -0.2) is 66.5 Å². The van der Waals surface area contributed by atoms with Gasteiger partial charge in [0.1, 0.15) is 0 Å². The number of ether oxygens (including phenoxy) is 2. The molecule has 1 saturated heterocycles. The van der Waals surface area contributed by atoms with Gasteiger partial charge in [-0.1, -0.05) is 54.1 Å². The van der Waals surface area contributed by atoms with Crippen molar-refractivity contribution >= 4 is 17.5 Å². The van der Waals surface area contributed by atoms with Gasteiger partial charge in [0.25, 0.3) is 5.91 Å². The highest BCUT2D eigenvalue weighted by molar-refractivity contribution is 6.30. The first-order valence-corrected chi connectivity index (χ1v) is 12.9. The molecule has 0 aromatic heterocycles. The Morgan fingerprint density at radius 1 is 1.09 bits per heavy atom. The minimum Gasteiger partial charge on any atom is -0.459 e. The number of piperazine rings is 1. The summed E-state index contributed by atoms with van der Waals surface area (Å²) in [5.41, 5.74) is 2.34. The van der Waals surface area contributed by atoms with Gasteiger partial charge in [-0.05, 0) is 49.1 Å². The Morgan fingerprint density at radius 2 is 1.80 bits per heavy atom. The van der Waals surface area contributed by atoms with E-state index in [2.05, 4.69) is 29.2 Å². The van der Waals surface area contributed by atoms with Crippen LogP contribution < -0.4 is 0 Å². The second kappa shape index (κ2) is 12.5. The number of hydrogen-bond donors (Lipinski definition) is 1. The van der Waals surface area contributed by atoms with Gasteiger partial charge >= 0.3 is 0 Å².